The lowest BCUT2D eigenvalue weighted by Gasteiger charge is -2.06. The molecule has 1 aromatic heterocycles. The molecule has 0 aliphatic heterocycles. The van der Waals surface area contributed by atoms with Crippen molar-refractivity contribution in [1.29, 1.82) is 0 Å². The van der Waals surface area contributed by atoms with E-state index in [2.05, 4.69) is 20.7 Å². The van der Waals surface area contributed by atoms with Crippen LogP contribution in [0.1, 0.15) is 11.4 Å². The molecule has 2 rings (SSSR count). The summed E-state index contributed by atoms with van der Waals surface area (Å²) < 4.78 is 6.25. The van der Waals surface area contributed by atoms with Crippen molar-refractivity contribution in [3.05, 3.63) is 28.5 Å². The summed E-state index contributed by atoms with van der Waals surface area (Å²) in [6, 6.07) is 2.93. The highest BCUT2D eigenvalue weighted by Crippen LogP contribution is 2.31. The Morgan fingerprint density at radius 1 is 1.41 bits per heavy atom. The number of phenols is 1. The number of anilines is 1. The molecule has 0 bridgehead atoms. The second kappa shape index (κ2) is 8.52. The molecule has 11 heteroatoms. The fourth-order valence-corrected chi connectivity index (χ4v) is 1.63. The average Bonchev–Trinajstić information content (AvgIpc) is 2.73. The predicted octanol–water partition coefficient (Wildman–Crippen LogP) is 1.96. The lowest BCUT2D eigenvalue weighted by molar-refractivity contribution is 0.373. The van der Waals surface area contributed by atoms with Crippen LogP contribution in [0.2, 0.25) is 5.02 Å². The number of methoxy groups -OCH3 is 1. The number of halogens is 3. The summed E-state index contributed by atoms with van der Waals surface area (Å²) in [5.74, 6) is 6.75. The second-order valence-electron chi connectivity index (χ2n) is 3.86. The Balaban J connectivity index is 0.00000220. The first-order valence-corrected chi connectivity index (χ1v) is 5.93. The summed E-state index contributed by atoms with van der Waals surface area (Å²) in [7, 11) is 1.45. The van der Waals surface area contributed by atoms with E-state index in [4.69, 9.17) is 22.2 Å². The minimum atomic E-state index is -0.0417. The van der Waals surface area contributed by atoms with Crippen LogP contribution in [-0.2, 0) is 0 Å². The molecule has 0 unspecified atom stereocenters. The number of benzene rings is 1. The molecule has 0 amide bonds. The molecule has 1 heterocycles. The number of aromatic nitrogens is 3. The van der Waals surface area contributed by atoms with Crippen molar-refractivity contribution in [2.24, 2.45) is 5.10 Å². The third-order valence-electron chi connectivity index (χ3n) is 2.53. The molecule has 1 aromatic carbocycles. The quantitative estimate of drug-likeness (QED) is 0.431. The van der Waals surface area contributed by atoms with Crippen LogP contribution in [0, 0.1) is 6.92 Å². The van der Waals surface area contributed by atoms with Crippen LogP contribution in [0.25, 0.3) is 0 Å². The minimum Gasteiger partial charge on any atom is -0.504 e. The molecule has 0 radical (unpaired) electrons. The Bertz CT molecular complexity index is 662. The molecule has 0 saturated carbocycles. The summed E-state index contributed by atoms with van der Waals surface area (Å²) in [6.45, 7) is 1.71. The SMILES string of the molecule is COc1cc(/C=N/Nc2nnc(C)n2N)c(Cl)cc1O.Cl.Cl. The van der Waals surface area contributed by atoms with Crippen LogP contribution in [0.3, 0.4) is 0 Å². The fraction of sp³-hybridized carbons (Fsp3) is 0.182. The van der Waals surface area contributed by atoms with E-state index < -0.39 is 0 Å². The fourth-order valence-electron chi connectivity index (χ4n) is 1.43. The van der Waals surface area contributed by atoms with Crippen LogP contribution in [0.5, 0.6) is 11.5 Å². The monoisotopic (exact) mass is 368 g/mol. The van der Waals surface area contributed by atoms with Gasteiger partial charge in [0.05, 0.1) is 18.3 Å². The van der Waals surface area contributed by atoms with Crippen molar-refractivity contribution >= 4 is 48.6 Å². The first-order valence-electron chi connectivity index (χ1n) is 5.55. The number of nitrogen functional groups attached to an aromatic ring is 1. The number of phenolic OH excluding ortho intramolecular Hbond substituents is 1. The van der Waals surface area contributed by atoms with Gasteiger partial charge in [0.15, 0.2) is 17.3 Å². The van der Waals surface area contributed by atoms with E-state index in [9.17, 15) is 5.11 Å². The van der Waals surface area contributed by atoms with E-state index in [1.54, 1.807) is 13.0 Å². The lowest BCUT2D eigenvalue weighted by atomic mass is 10.2. The van der Waals surface area contributed by atoms with Gasteiger partial charge in [0.1, 0.15) is 0 Å². The van der Waals surface area contributed by atoms with Gasteiger partial charge in [-0.2, -0.15) is 5.10 Å². The molecular weight excluding hydrogens is 355 g/mol. The average molecular weight is 370 g/mol. The number of rotatable bonds is 4. The third kappa shape index (κ3) is 4.30. The van der Waals surface area contributed by atoms with Gasteiger partial charge < -0.3 is 15.7 Å². The molecule has 0 aliphatic carbocycles. The van der Waals surface area contributed by atoms with Crippen LogP contribution in [0.4, 0.5) is 5.95 Å². The summed E-state index contributed by atoms with van der Waals surface area (Å²) in [5, 5.41) is 21.4. The van der Waals surface area contributed by atoms with Gasteiger partial charge in [-0.15, -0.1) is 35.0 Å². The Hall–Kier alpha value is -1.90. The summed E-state index contributed by atoms with van der Waals surface area (Å²) in [6.07, 6.45) is 1.45. The zero-order valence-electron chi connectivity index (χ0n) is 11.6. The number of hydrazone groups is 1. The highest BCUT2D eigenvalue weighted by atomic mass is 35.5. The molecule has 22 heavy (non-hydrogen) atoms. The lowest BCUT2D eigenvalue weighted by Crippen LogP contribution is -2.13. The highest BCUT2D eigenvalue weighted by Gasteiger charge is 2.07. The first kappa shape index (κ1) is 20.1. The molecule has 0 aliphatic rings. The summed E-state index contributed by atoms with van der Waals surface area (Å²) >= 11 is 5.98. The number of hydrogen-bond acceptors (Lipinski definition) is 7. The van der Waals surface area contributed by atoms with Gasteiger partial charge in [0.2, 0.25) is 0 Å². The van der Waals surface area contributed by atoms with E-state index in [1.807, 2.05) is 0 Å². The van der Waals surface area contributed by atoms with Gasteiger partial charge >= 0.3 is 0 Å². The molecule has 2 aromatic rings. The zero-order chi connectivity index (χ0) is 14.7. The van der Waals surface area contributed by atoms with Gasteiger partial charge in [-0.05, 0) is 13.0 Å². The normalized spacial score (nSPS) is 9.95. The molecule has 8 nitrogen and oxygen atoms in total. The standard InChI is InChI=1S/C11H13ClN6O2.2ClH/c1-6-15-17-11(18(6)13)16-14-5-7-3-10(20-2)9(19)4-8(7)12;;/h3-5,19H,13H2,1-2H3,(H,16,17);2*1H/b14-5+;;. The topological polar surface area (TPSA) is 111 Å². The van der Waals surface area contributed by atoms with Crippen molar-refractivity contribution in [2.45, 2.75) is 6.92 Å². The number of nitrogens with two attached hydrogens (primary N) is 1. The van der Waals surface area contributed by atoms with E-state index >= 15 is 0 Å². The van der Waals surface area contributed by atoms with Crippen molar-refractivity contribution in [1.82, 2.24) is 14.9 Å². The van der Waals surface area contributed by atoms with Gasteiger partial charge in [0.25, 0.3) is 5.95 Å². The van der Waals surface area contributed by atoms with Crippen molar-refractivity contribution in [3.8, 4) is 11.5 Å². The van der Waals surface area contributed by atoms with E-state index in [1.165, 1.54) is 24.1 Å². The molecule has 4 N–H and O–H groups in total. The first-order chi connectivity index (χ1) is 9.52. The number of aryl methyl sites for hydroxylation is 1. The maximum atomic E-state index is 9.55. The van der Waals surface area contributed by atoms with Crippen LogP contribution >= 0.6 is 36.4 Å². The number of nitrogens with zero attached hydrogens (tertiary/aromatic N) is 4. The Kier molecular flexibility index (Phi) is 7.78. The minimum absolute atomic E-state index is 0. The Morgan fingerprint density at radius 2 is 2.09 bits per heavy atom. The molecule has 0 saturated heterocycles. The maximum absolute atomic E-state index is 9.55. The number of aromatic hydroxyl groups is 1. The Morgan fingerprint density at radius 3 is 2.64 bits per heavy atom. The van der Waals surface area contributed by atoms with Gasteiger partial charge in [-0.3, -0.25) is 0 Å². The van der Waals surface area contributed by atoms with E-state index in [0.717, 1.165) is 0 Å². The molecule has 0 fully saturated rings. The Labute approximate surface area is 144 Å². The predicted molar refractivity (Wildman–Crippen MR) is 90.3 cm³/mol. The third-order valence-corrected chi connectivity index (χ3v) is 2.86. The largest absolute Gasteiger partial charge is 0.504 e. The van der Waals surface area contributed by atoms with Gasteiger partial charge in [-0.1, -0.05) is 11.6 Å². The van der Waals surface area contributed by atoms with Gasteiger partial charge in [0, 0.05) is 11.6 Å². The van der Waals surface area contributed by atoms with E-state index in [0.29, 0.717) is 28.1 Å². The van der Waals surface area contributed by atoms with Crippen molar-refractivity contribution in [3.63, 3.8) is 0 Å². The van der Waals surface area contributed by atoms with Crippen LogP contribution < -0.4 is 16.0 Å². The second-order valence-corrected chi connectivity index (χ2v) is 4.26. The van der Waals surface area contributed by atoms with E-state index in [-0.39, 0.29) is 30.6 Å². The zero-order valence-corrected chi connectivity index (χ0v) is 14.0. The number of ether oxygens (including phenoxy) is 1. The van der Waals surface area contributed by atoms with Crippen molar-refractivity contribution < 1.29 is 9.84 Å². The van der Waals surface area contributed by atoms with Crippen LogP contribution in [-0.4, -0.2) is 33.3 Å². The maximum Gasteiger partial charge on any atom is 0.263 e. The highest BCUT2D eigenvalue weighted by molar-refractivity contribution is 6.33. The van der Waals surface area contributed by atoms with Gasteiger partial charge in [-0.25, -0.2) is 10.1 Å². The van der Waals surface area contributed by atoms with Crippen molar-refractivity contribution in [2.75, 3.05) is 18.4 Å². The molecule has 0 spiro atoms. The number of hydrogen-bond donors (Lipinski definition) is 3. The molecule has 0 atom stereocenters. The number of nitrogens with one attached hydrogen (secondary N) is 1. The molecular formula is C11H15Cl3N6O2. The summed E-state index contributed by atoms with van der Waals surface area (Å²) in [5.41, 5.74) is 3.20. The molecule has 122 valence electrons. The van der Waals surface area contributed by atoms with Crippen LogP contribution in [0.15, 0.2) is 17.2 Å². The smallest absolute Gasteiger partial charge is 0.263 e. The summed E-state index contributed by atoms with van der Waals surface area (Å²) in [4.78, 5) is 0.